The number of unbranched alkanes of at least 4 members (excludes halogenated alkanes) is 2. The summed E-state index contributed by atoms with van der Waals surface area (Å²) in [6.45, 7) is 5.85. The number of fused-ring (bicyclic) bond motifs is 4. The Morgan fingerprint density at radius 2 is 1.81 bits per heavy atom. The number of carboxylic acids is 1. The molecule has 10 nitrogen and oxygen atoms in total. The molecule has 0 radical (unpaired) electrons. The van der Waals surface area contributed by atoms with Crippen LogP contribution in [-0.2, 0) is 21.7 Å². The lowest BCUT2D eigenvalue weighted by Crippen LogP contribution is -2.56. The lowest BCUT2D eigenvalue weighted by molar-refractivity contribution is -0.137. The molecule has 226 valence electrons. The van der Waals surface area contributed by atoms with Crippen LogP contribution < -0.4 is 15.5 Å². The third kappa shape index (κ3) is 6.22. The van der Waals surface area contributed by atoms with E-state index in [9.17, 15) is 32.8 Å². The van der Waals surface area contributed by atoms with Gasteiger partial charge in [0.1, 0.15) is 17.2 Å². The van der Waals surface area contributed by atoms with E-state index in [1.165, 1.54) is 12.3 Å². The zero-order chi connectivity index (χ0) is 30.8. The third-order valence-corrected chi connectivity index (χ3v) is 8.47. The first-order valence-electron chi connectivity index (χ1n) is 14.1. The van der Waals surface area contributed by atoms with Crippen LogP contribution in [0.2, 0.25) is 0 Å². The number of amides is 2. The summed E-state index contributed by atoms with van der Waals surface area (Å²) in [4.78, 5) is 66.0. The Morgan fingerprint density at radius 3 is 2.50 bits per heavy atom. The topological polar surface area (TPSA) is 135 Å². The molecule has 0 spiro atoms. The van der Waals surface area contributed by atoms with Crippen LogP contribution in [0, 0.1) is 17.6 Å². The van der Waals surface area contributed by atoms with Crippen molar-refractivity contribution in [1.29, 1.82) is 0 Å². The van der Waals surface area contributed by atoms with Crippen LogP contribution in [0.1, 0.15) is 92.1 Å². The minimum absolute atomic E-state index is 0.00141. The summed E-state index contributed by atoms with van der Waals surface area (Å²) in [5.41, 5.74) is -2.21. The minimum atomic E-state index is -0.963. The van der Waals surface area contributed by atoms with Gasteiger partial charge in [-0.15, -0.1) is 0 Å². The summed E-state index contributed by atoms with van der Waals surface area (Å²) in [6, 6.07) is 2.78. The number of aromatic nitrogens is 1. The number of aliphatic carboxylic acids is 1. The molecule has 0 saturated carbocycles. The average Bonchev–Trinajstić information content (AvgIpc) is 3.03. The van der Waals surface area contributed by atoms with Crippen molar-refractivity contribution in [2.75, 3.05) is 6.54 Å². The second-order valence-electron chi connectivity index (χ2n) is 11.4. The number of carbonyl (C=O) groups is 4. The number of esters is 1. The van der Waals surface area contributed by atoms with Crippen LogP contribution in [0.15, 0.2) is 29.2 Å². The summed E-state index contributed by atoms with van der Waals surface area (Å²) in [6.07, 6.45) is 3.76. The first-order chi connectivity index (χ1) is 19.8. The Hall–Kier alpha value is -4.09. The number of benzene rings is 1. The molecule has 1 fully saturated rings. The van der Waals surface area contributed by atoms with Gasteiger partial charge in [0.25, 0.3) is 11.8 Å². The number of carbonyl (C=O) groups excluding carboxylic acids is 3. The molecule has 2 amide bonds. The minimum Gasteiger partial charge on any atom is -0.481 e. The number of nitrogens with zero attached hydrogens (tertiary/aromatic N) is 2. The van der Waals surface area contributed by atoms with Crippen LogP contribution in [0.5, 0.6) is 5.75 Å². The van der Waals surface area contributed by atoms with E-state index in [-0.39, 0.29) is 42.6 Å². The van der Waals surface area contributed by atoms with Crippen molar-refractivity contribution in [2.24, 2.45) is 5.92 Å². The van der Waals surface area contributed by atoms with Gasteiger partial charge in [0.05, 0.1) is 5.54 Å². The third-order valence-electron chi connectivity index (χ3n) is 8.47. The Kier molecular flexibility index (Phi) is 9.12. The van der Waals surface area contributed by atoms with Crippen LogP contribution in [0.4, 0.5) is 8.78 Å². The Bertz CT molecular complexity index is 1470. The van der Waals surface area contributed by atoms with Crippen molar-refractivity contribution >= 4 is 23.8 Å². The molecular formula is C30H35F2N3O7. The largest absolute Gasteiger partial charge is 0.481 e. The van der Waals surface area contributed by atoms with Crippen molar-refractivity contribution in [2.45, 2.75) is 83.8 Å². The number of carboxylic acid groups (broad SMARTS) is 1. The van der Waals surface area contributed by atoms with E-state index < -0.39 is 57.7 Å². The number of ether oxygens (including phenoxy) is 1. The first-order valence-corrected chi connectivity index (χ1v) is 14.1. The van der Waals surface area contributed by atoms with E-state index in [2.05, 4.69) is 5.32 Å². The number of pyridine rings is 1. The molecule has 1 aromatic heterocycles. The molecule has 2 N–H and O–H groups in total. The van der Waals surface area contributed by atoms with Gasteiger partial charge in [-0.2, -0.15) is 0 Å². The van der Waals surface area contributed by atoms with Gasteiger partial charge < -0.3 is 24.6 Å². The number of hydrogen-bond donors (Lipinski definition) is 2. The van der Waals surface area contributed by atoms with Gasteiger partial charge in [0.2, 0.25) is 11.2 Å². The number of hydrogen-bond acceptors (Lipinski definition) is 6. The quantitative estimate of drug-likeness (QED) is 0.317. The smallest absolute Gasteiger partial charge is 0.311 e. The molecule has 3 heterocycles. The summed E-state index contributed by atoms with van der Waals surface area (Å²) in [5, 5.41) is 11.3. The molecule has 3 atom stereocenters. The summed E-state index contributed by atoms with van der Waals surface area (Å²) in [5.74, 6) is -5.28. The molecule has 2 aliphatic rings. The summed E-state index contributed by atoms with van der Waals surface area (Å²) in [7, 11) is 0. The number of nitrogens with one attached hydrogen (secondary N) is 1. The van der Waals surface area contributed by atoms with E-state index >= 15 is 0 Å². The fraction of sp³-hybridized carbons (Fsp3) is 0.500. The molecule has 1 saturated heterocycles. The van der Waals surface area contributed by atoms with E-state index in [1.807, 2.05) is 20.8 Å². The van der Waals surface area contributed by atoms with Crippen molar-refractivity contribution < 1.29 is 37.8 Å². The van der Waals surface area contributed by atoms with E-state index in [0.29, 0.717) is 31.9 Å². The fourth-order valence-electron chi connectivity index (χ4n) is 5.61. The maximum absolute atomic E-state index is 14.2. The van der Waals surface area contributed by atoms with Gasteiger partial charge in [-0.25, -0.2) is 8.78 Å². The highest BCUT2D eigenvalue weighted by Crippen LogP contribution is 2.41. The van der Waals surface area contributed by atoms with Crippen LogP contribution in [0.3, 0.4) is 0 Å². The van der Waals surface area contributed by atoms with Crippen molar-refractivity contribution in [1.82, 2.24) is 14.8 Å². The SMILES string of the molecule is CC1CCC(C)C2(C)CN1C(=O)c1c(OC(=O)CCCCCC(=O)O)c(=O)c(C(=O)NCc3ccc(F)cc3F)cn12. The molecule has 2 aromatic rings. The van der Waals surface area contributed by atoms with Crippen LogP contribution in [0.25, 0.3) is 0 Å². The summed E-state index contributed by atoms with van der Waals surface area (Å²) >= 11 is 0. The van der Waals surface area contributed by atoms with E-state index in [0.717, 1.165) is 18.9 Å². The van der Waals surface area contributed by atoms with Crippen LogP contribution in [-0.4, -0.2) is 50.9 Å². The highest BCUT2D eigenvalue weighted by molar-refractivity contribution is 6.00. The van der Waals surface area contributed by atoms with Gasteiger partial charge in [-0.05, 0) is 51.5 Å². The van der Waals surface area contributed by atoms with Gasteiger partial charge in [-0.3, -0.25) is 24.0 Å². The van der Waals surface area contributed by atoms with Crippen molar-refractivity contribution in [3.05, 3.63) is 63.1 Å². The Labute approximate surface area is 241 Å². The Morgan fingerprint density at radius 1 is 1.10 bits per heavy atom. The molecule has 2 bridgehead atoms. The average molecular weight is 588 g/mol. The standard InChI is InChI=1S/C30H35F2N3O7/c1-17-9-10-18(2)34-16-30(17,3)35-15-21(28(40)33-14-19-11-12-20(31)13-22(19)32)26(39)27(25(35)29(34)41)42-24(38)8-6-4-5-7-23(36)37/h11-13,15,17-18H,4-10,14,16H2,1-3H3,(H,33,40)(H,36,37). The highest BCUT2D eigenvalue weighted by Gasteiger charge is 2.48. The fourth-order valence-corrected chi connectivity index (χ4v) is 5.61. The van der Waals surface area contributed by atoms with Gasteiger partial charge in [0.15, 0.2) is 5.69 Å². The second-order valence-corrected chi connectivity index (χ2v) is 11.4. The van der Waals surface area contributed by atoms with Gasteiger partial charge in [0, 0.05) is 49.8 Å². The maximum Gasteiger partial charge on any atom is 0.311 e. The lowest BCUT2D eigenvalue weighted by Gasteiger charge is -2.46. The van der Waals surface area contributed by atoms with Crippen LogP contribution >= 0.6 is 0 Å². The van der Waals surface area contributed by atoms with Gasteiger partial charge >= 0.3 is 11.9 Å². The Balaban J connectivity index is 1.72. The molecular weight excluding hydrogens is 552 g/mol. The molecule has 0 aliphatic carbocycles. The molecule has 4 rings (SSSR count). The molecule has 12 heteroatoms. The predicted molar refractivity (Wildman–Crippen MR) is 147 cm³/mol. The van der Waals surface area contributed by atoms with Gasteiger partial charge in [-0.1, -0.05) is 19.4 Å². The number of rotatable bonds is 10. The molecule has 2 aliphatic heterocycles. The normalized spacial score (nSPS) is 21.4. The first kappa shape index (κ1) is 30.9. The van der Waals surface area contributed by atoms with Crippen molar-refractivity contribution in [3.63, 3.8) is 0 Å². The summed E-state index contributed by atoms with van der Waals surface area (Å²) < 4.78 is 34.6. The zero-order valence-electron chi connectivity index (χ0n) is 23.9. The second kappa shape index (κ2) is 12.4. The maximum atomic E-state index is 14.2. The lowest BCUT2D eigenvalue weighted by atomic mass is 9.82. The predicted octanol–water partition coefficient (Wildman–Crippen LogP) is 3.99. The van der Waals surface area contributed by atoms with Crippen molar-refractivity contribution in [3.8, 4) is 5.75 Å². The molecule has 1 aromatic carbocycles. The molecule has 42 heavy (non-hydrogen) atoms. The number of halogens is 2. The zero-order valence-corrected chi connectivity index (χ0v) is 23.9. The monoisotopic (exact) mass is 587 g/mol. The highest BCUT2D eigenvalue weighted by atomic mass is 19.1. The molecule has 3 unspecified atom stereocenters. The van der Waals surface area contributed by atoms with E-state index in [1.54, 1.807) is 9.47 Å². The van der Waals surface area contributed by atoms with E-state index in [4.69, 9.17) is 9.84 Å².